The van der Waals surface area contributed by atoms with Crippen LogP contribution >= 0.6 is 0 Å². The zero-order valence-corrected chi connectivity index (χ0v) is 14.3. The summed E-state index contributed by atoms with van der Waals surface area (Å²) in [5.41, 5.74) is 4.33. The molecular formula is C17H24Te. The van der Waals surface area contributed by atoms with Crippen molar-refractivity contribution in [3.05, 3.63) is 53.1 Å². The SMILES string of the molecule is CC(C)=CCC/C(C)=C/C[Te]c1ccc(C)cc1. The molecule has 0 aromatic heterocycles. The molecule has 0 radical (unpaired) electrons. The molecule has 18 heavy (non-hydrogen) atoms. The number of benzene rings is 1. The van der Waals surface area contributed by atoms with E-state index in [9.17, 15) is 0 Å². The summed E-state index contributed by atoms with van der Waals surface area (Å²) in [6, 6.07) is 9.05. The maximum absolute atomic E-state index is 2.45. The van der Waals surface area contributed by atoms with Gasteiger partial charge < -0.3 is 0 Å². The summed E-state index contributed by atoms with van der Waals surface area (Å²) >= 11 is -0.0207. The molecule has 1 aromatic carbocycles. The molecule has 98 valence electrons. The fourth-order valence-corrected chi connectivity index (χ4v) is 4.14. The minimum atomic E-state index is -0.0207. The van der Waals surface area contributed by atoms with E-state index in [1.54, 1.807) is 9.18 Å². The van der Waals surface area contributed by atoms with Gasteiger partial charge in [0.2, 0.25) is 0 Å². The first-order chi connectivity index (χ1) is 8.58. The standard InChI is InChI=1S/C17H24Te/c1-14(2)6-5-7-15(3)12-13-18-17-10-8-16(4)9-11-17/h6,8-12H,5,7,13H2,1-4H3/b15-12+. The molecule has 1 aromatic rings. The van der Waals surface area contributed by atoms with Crippen LogP contribution in [0, 0.1) is 6.92 Å². The van der Waals surface area contributed by atoms with Crippen LogP contribution < -0.4 is 3.61 Å². The van der Waals surface area contributed by atoms with Gasteiger partial charge in [-0.15, -0.1) is 0 Å². The Kier molecular flexibility index (Phi) is 7.40. The van der Waals surface area contributed by atoms with Gasteiger partial charge in [0.15, 0.2) is 0 Å². The average Bonchev–Trinajstić information content (AvgIpc) is 2.31. The van der Waals surface area contributed by atoms with Crippen molar-refractivity contribution in [2.45, 2.75) is 45.0 Å². The van der Waals surface area contributed by atoms with Crippen molar-refractivity contribution in [2.24, 2.45) is 0 Å². The second-order valence-electron chi connectivity index (χ2n) is 4.99. The molecule has 0 atom stereocenters. The van der Waals surface area contributed by atoms with E-state index >= 15 is 0 Å². The Balaban J connectivity index is 2.31. The molecule has 0 aliphatic carbocycles. The molecule has 0 aliphatic heterocycles. The number of aryl methyl sites for hydroxylation is 1. The van der Waals surface area contributed by atoms with Gasteiger partial charge >= 0.3 is 123 Å². The van der Waals surface area contributed by atoms with Gasteiger partial charge in [-0.1, -0.05) is 0 Å². The van der Waals surface area contributed by atoms with Crippen molar-refractivity contribution in [2.75, 3.05) is 0 Å². The van der Waals surface area contributed by atoms with Gasteiger partial charge in [-0.25, -0.2) is 0 Å². The average molecular weight is 356 g/mol. The van der Waals surface area contributed by atoms with Crippen molar-refractivity contribution in [1.82, 2.24) is 0 Å². The fraction of sp³-hybridized carbons (Fsp3) is 0.412. The fourth-order valence-electron chi connectivity index (χ4n) is 1.61. The van der Waals surface area contributed by atoms with Crippen LogP contribution in [-0.2, 0) is 0 Å². The Morgan fingerprint density at radius 3 is 2.33 bits per heavy atom. The molecule has 0 unspecified atom stereocenters. The van der Waals surface area contributed by atoms with E-state index < -0.39 is 0 Å². The van der Waals surface area contributed by atoms with E-state index in [2.05, 4.69) is 64.1 Å². The Bertz CT molecular complexity index is 406. The van der Waals surface area contributed by atoms with Crippen LogP contribution in [0.4, 0.5) is 0 Å². The predicted molar refractivity (Wildman–Crippen MR) is 83.8 cm³/mol. The summed E-state index contributed by atoms with van der Waals surface area (Å²) in [6.45, 7) is 8.75. The van der Waals surface area contributed by atoms with E-state index in [0.717, 1.165) is 0 Å². The normalized spacial score (nSPS) is 11.4. The van der Waals surface area contributed by atoms with Gasteiger partial charge in [-0.2, -0.15) is 0 Å². The van der Waals surface area contributed by atoms with Crippen LogP contribution in [0.2, 0.25) is 4.47 Å². The van der Waals surface area contributed by atoms with E-state index in [1.807, 2.05) is 0 Å². The van der Waals surface area contributed by atoms with Crippen LogP contribution in [-0.4, -0.2) is 20.9 Å². The second-order valence-corrected chi connectivity index (χ2v) is 8.12. The third-order valence-electron chi connectivity index (χ3n) is 2.79. The first-order valence-electron chi connectivity index (χ1n) is 6.56. The van der Waals surface area contributed by atoms with Crippen LogP contribution in [0.25, 0.3) is 0 Å². The molecule has 0 saturated carbocycles. The number of hydrogen-bond acceptors (Lipinski definition) is 0. The number of allylic oxidation sites excluding steroid dienone is 4. The molecular weight excluding hydrogens is 332 g/mol. The monoisotopic (exact) mass is 358 g/mol. The van der Waals surface area contributed by atoms with E-state index in [0.29, 0.717) is 0 Å². The molecule has 0 nitrogen and oxygen atoms in total. The van der Waals surface area contributed by atoms with Crippen molar-refractivity contribution < 1.29 is 0 Å². The second kappa shape index (κ2) is 8.57. The molecule has 0 amide bonds. The summed E-state index contributed by atoms with van der Waals surface area (Å²) in [6.07, 6.45) is 7.18. The molecule has 0 N–H and O–H groups in total. The summed E-state index contributed by atoms with van der Waals surface area (Å²) in [5, 5.41) is 0. The summed E-state index contributed by atoms with van der Waals surface area (Å²) < 4.78 is 2.86. The van der Waals surface area contributed by atoms with Gasteiger partial charge in [0.1, 0.15) is 0 Å². The zero-order valence-electron chi connectivity index (χ0n) is 12.0. The van der Waals surface area contributed by atoms with Crippen molar-refractivity contribution >= 4 is 24.5 Å². The van der Waals surface area contributed by atoms with Gasteiger partial charge in [0, 0.05) is 0 Å². The molecule has 0 saturated heterocycles. The number of rotatable bonds is 6. The predicted octanol–water partition coefficient (Wildman–Crippen LogP) is 4.44. The Morgan fingerprint density at radius 1 is 1.06 bits per heavy atom. The third kappa shape index (κ3) is 7.04. The first kappa shape index (κ1) is 15.5. The summed E-state index contributed by atoms with van der Waals surface area (Å²) in [7, 11) is 0. The summed E-state index contributed by atoms with van der Waals surface area (Å²) in [5.74, 6) is 0. The van der Waals surface area contributed by atoms with Gasteiger partial charge in [-0.3, -0.25) is 0 Å². The Morgan fingerprint density at radius 2 is 1.72 bits per heavy atom. The number of hydrogen-bond donors (Lipinski definition) is 0. The zero-order chi connectivity index (χ0) is 13.4. The molecule has 1 rings (SSSR count). The van der Waals surface area contributed by atoms with Crippen molar-refractivity contribution in [1.29, 1.82) is 0 Å². The first-order valence-corrected chi connectivity index (χ1v) is 9.37. The van der Waals surface area contributed by atoms with Crippen LogP contribution in [0.15, 0.2) is 47.6 Å². The third-order valence-corrected chi connectivity index (χ3v) is 5.47. The maximum atomic E-state index is 2.45. The molecule has 0 aliphatic rings. The van der Waals surface area contributed by atoms with Crippen LogP contribution in [0.1, 0.15) is 39.2 Å². The van der Waals surface area contributed by atoms with Gasteiger partial charge in [0.05, 0.1) is 0 Å². The Hall–Kier alpha value is -0.510. The van der Waals surface area contributed by atoms with E-state index in [1.165, 1.54) is 28.4 Å². The van der Waals surface area contributed by atoms with Crippen LogP contribution in [0.3, 0.4) is 0 Å². The van der Waals surface area contributed by atoms with Gasteiger partial charge in [-0.05, 0) is 0 Å². The van der Waals surface area contributed by atoms with E-state index in [4.69, 9.17) is 0 Å². The Labute approximate surface area is 122 Å². The topological polar surface area (TPSA) is 0 Å². The van der Waals surface area contributed by atoms with E-state index in [-0.39, 0.29) is 20.9 Å². The van der Waals surface area contributed by atoms with Gasteiger partial charge in [0.25, 0.3) is 0 Å². The molecule has 0 fully saturated rings. The molecule has 1 heteroatoms. The van der Waals surface area contributed by atoms with Crippen molar-refractivity contribution in [3.63, 3.8) is 0 Å². The molecule has 0 bridgehead atoms. The summed E-state index contributed by atoms with van der Waals surface area (Å²) in [4.78, 5) is 0. The molecule has 0 heterocycles. The minimum absolute atomic E-state index is 0.0207. The van der Waals surface area contributed by atoms with Crippen molar-refractivity contribution in [3.8, 4) is 0 Å². The van der Waals surface area contributed by atoms with Crippen LogP contribution in [0.5, 0.6) is 0 Å². The quantitative estimate of drug-likeness (QED) is 0.523. The molecule has 0 spiro atoms.